The van der Waals surface area contributed by atoms with E-state index >= 15 is 0 Å². The molecule has 22 heavy (non-hydrogen) atoms. The highest BCUT2D eigenvalue weighted by Crippen LogP contribution is 2.14. The van der Waals surface area contributed by atoms with Crippen molar-refractivity contribution in [2.45, 2.75) is 13.8 Å². The lowest BCUT2D eigenvalue weighted by Gasteiger charge is -2.09. The van der Waals surface area contributed by atoms with Crippen LogP contribution in [0.3, 0.4) is 0 Å². The van der Waals surface area contributed by atoms with Crippen molar-refractivity contribution >= 4 is 57.0 Å². The van der Waals surface area contributed by atoms with Crippen molar-refractivity contribution < 1.29 is 9.59 Å². The maximum Gasteiger partial charge on any atom is 0.269 e. The summed E-state index contributed by atoms with van der Waals surface area (Å²) in [6, 6.07) is 10.8. The first-order valence-corrected chi connectivity index (χ1v) is 8.67. The van der Waals surface area contributed by atoms with Crippen LogP contribution >= 0.6 is 45.2 Å². The molecule has 4 nitrogen and oxygen atoms in total. The average Bonchev–Trinajstić information content (AvgIpc) is 2.50. The number of hydrazine groups is 1. The third-order valence-electron chi connectivity index (χ3n) is 3.16. The van der Waals surface area contributed by atoms with Crippen LogP contribution in [-0.2, 0) is 0 Å². The average molecular weight is 520 g/mol. The first kappa shape index (κ1) is 17.2. The number of aryl methyl sites for hydroxylation is 2. The summed E-state index contributed by atoms with van der Waals surface area (Å²) >= 11 is 4.35. The van der Waals surface area contributed by atoms with Crippen LogP contribution in [0.1, 0.15) is 31.8 Å². The fourth-order valence-electron chi connectivity index (χ4n) is 1.73. The summed E-state index contributed by atoms with van der Waals surface area (Å²) in [5.74, 6) is -0.679. The minimum atomic E-state index is -0.340. The molecule has 0 radical (unpaired) electrons. The van der Waals surface area contributed by atoms with E-state index in [1.807, 2.05) is 26.0 Å². The number of carbonyl (C=O) groups is 2. The minimum Gasteiger partial charge on any atom is -0.267 e. The van der Waals surface area contributed by atoms with Crippen molar-refractivity contribution in [2.24, 2.45) is 0 Å². The number of nitrogens with one attached hydrogen (secondary N) is 2. The molecule has 0 fully saturated rings. The molecular formula is C16H14I2N2O2. The van der Waals surface area contributed by atoms with Gasteiger partial charge >= 0.3 is 0 Å². The highest BCUT2D eigenvalue weighted by Gasteiger charge is 2.10. The second-order valence-electron chi connectivity index (χ2n) is 4.84. The summed E-state index contributed by atoms with van der Waals surface area (Å²) in [4.78, 5) is 24.1. The van der Waals surface area contributed by atoms with Gasteiger partial charge in [-0.05, 0) is 94.4 Å². The maximum absolute atomic E-state index is 12.0. The highest BCUT2D eigenvalue weighted by atomic mass is 127. The third-order valence-corrected chi connectivity index (χ3v) is 5.48. The Morgan fingerprint density at radius 2 is 1.14 bits per heavy atom. The van der Waals surface area contributed by atoms with Gasteiger partial charge < -0.3 is 0 Å². The van der Waals surface area contributed by atoms with Crippen LogP contribution < -0.4 is 10.9 Å². The van der Waals surface area contributed by atoms with Gasteiger partial charge in [-0.25, -0.2) is 0 Å². The van der Waals surface area contributed by atoms with Crippen LogP contribution in [0.25, 0.3) is 0 Å². The largest absolute Gasteiger partial charge is 0.269 e. The maximum atomic E-state index is 12.0. The van der Waals surface area contributed by atoms with E-state index in [4.69, 9.17) is 0 Å². The van der Waals surface area contributed by atoms with Crippen LogP contribution in [0, 0.1) is 21.0 Å². The Morgan fingerprint density at radius 3 is 1.45 bits per heavy atom. The first-order valence-electron chi connectivity index (χ1n) is 6.51. The molecule has 0 aromatic heterocycles. The van der Waals surface area contributed by atoms with Crippen molar-refractivity contribution in [3.8, 4) is 0 Å². The number of carbonyl (C=O) groups excluding carboxylic acids is 2. The quantitative estimate of drug-likeness (QED) is 0.470. The van der Waals surface area contributed by atoms with Crippen molar-refractivity contribution in [3.05, 3.63) is 65.8 Å². The Bertz CT molecular complexity index is 681. The standard InChI is InChI=1S/C16H14I2N2O2/c1-9-3-5-11(7-13(9)17)15(21)19-20-16(22)12-6-4-10(2)14(18)8-12/h3-8H,1-2H3,(H,19,21)(H,20,22). The minimum absolute atomic E-state index is 0.340. The molecular weight excluding hydrogens is 506 g/mol. The molecule has 2 aromatic rings. The Balaban J connectivity index is 2.02. The summed E-state index contributed by atoms with van der Waals surface area (Å²) in [7, 11) is 0. The van der Waals surface area contributed by atoms with Crippen molar-refractivity contribution in [2.75, 3.05) is 0 Å². The second-order valence-corrected chi connectivity index (χ2v) is 7.16. The summed E-state index contributed by atoms with van der Waals surface area (Å²) in [6.45, 7) is 3.95. The molecule has 0 spiro atoms. The molecule has 0 unspecified atom stereocenters. The molecule has 0 saturated carbocycles. The molecule has 0 heterocycles. The van der Waals surface area contributed by atoms with Gasteiger partial charge in [0.15, 0.2) is 0 Å². The number of benzene rings is 2. The lowest BCUT2D eigenvalue weighted by Crippen LogP contribution is -2.41. The molecule has 114 valence electrons. The van der Waals surface area contributed by atoms with Crippen molar-refractivity contribution in [1.82, 2.24) is 10.9 Å². The van der Waals surface area contributed by atoms with Gasteiger partial charge in [-0.2, -0.15) is 0 Å². The second kappa shape index (κ2) is 7.40. The van der Waals surface area contributed by atoms with Crippen LogP contribution in [0.15, 0.2) is 36.4 Å². The van der Waals surface area contributed by atoms with Gasteiger partial charge in [0.1, 0.15) is 0 Å². The van der Waals surface area contributed by atoms with Crippen LogP contribution in [0.5, 0.6) is 0 Å². The number of amides is 2. The molecule has 0 aliphatic heterocycles. The van der Waals surface area contributed by atoms with E-state index in [0.717, 1.165) is 18.3 Å². The molecule has 2 amide bonds. The fourth-order valence-corrected chi connectivity index (χ4v) is 2.76. The molecule has 0 aliphatic carbocycles. The zero-order valence-corrected chi connectivity index (χ0v) is 16.4. The summed E-state index contributed by atoms with van der Waals surface area (Å²) < 4.78 is 2.01. The van der Waals surface area contributed by atoms with Gasteiger partial charge in [0.2, 0.25) is 0 Å². The number of hydrogen-bond acceptors (Lipinski definition) is 2. The molecule has 2 rings (SSSR count). The number of hydrogen-bond donors (Lipinski definition) is 2. The monoisotopic (exact) mass is 520 g/mol. The lowest BCUT2D eigenvalue weighted by molar-refractivity contribution is 0.0846. The molecule has 6 heteroatoms. The number of halogens is 2. The lowest BCUT2D eigenvalue weighted by atomic mass is 10.1. The van der Waals surface area contributed by atoms with E-state index in [1.54, 1.807) is 24.3 Å². The summed E-state index contributed by atoms with van der Waals surface area (Å²) in [6.07, 6.45) is 0. The van der Waals surface area contributed by atoms with Crippen LogP contribution in [0.2, 0.25) is 0 Å². The topological polar surface area (TPSA) is 58.2 Å². The molecule has 0 saturated heterocycles. The van der Waals surface area contributed by atoms with Gasteiger partial charge in [0.25, 0.3) is 11.8 Å². The summed E-state index contributed by atoms with van der Waals surface area (Å²) in [5.41, 5.74) is 8.10. The molecule has 0 atom stereocenters. The van der Waals surface area contributed by atoms with Crippen LogP contribution in [-0.4, -0.2) is 11.8 Å². The molecule has 0 aliphatic rings. The number of rotatable bonds is 2. The Kier molecular flexibility index (Phi) is 5.79. The Morgan fingerprint density at radius 1 is 0.773 bits per heavy atom. The van der Waals surface area contributed by atoms with Gasteiger partial charge in [-0.15, -0.1) is 0 Å². The zero-order valence-electron chi connectivity index (χ0n) is 12.0. The SMILES string of the molecule is Cc1ccc(C(=O)NNC(=O)c2ccc(C)c(I)c2)cc1I. The van der Waals surface area contributed by atoms with Crippen molar-refractivity contribution in [3.63, 3.8) is 0 Å². The van der Waals surface area contributed by atoms with Crippen LogP contribution in [0.4, 0.5) is 0 Å². The third kappa shape index (κ3) is 4.19. The van der Waals surface area contributed by atoms with Crippen molar-refractivity contribution in [1.29, 1.82) is 0 Å². The zero-order chi connectivity index (χ0) is 16.3. The molecule has 0 bridgehead atoms. The fraction of sp³-hybridized carbons (Fsp3) is 0.125. The highest BCUT2D eigenvalue weighted by molar-refractivity contribution is 14.1. The van der Waals surface area contributed by atoms with E-state index in [0.29, 0.717) is 11.1 Å². The molecule has 2 aromatic carbocycles. The van der Waals surface area contributed by atoms with E-state index < -0.39 is 0 Å². The predicted octanol–water partition coefficient (Wildman–Crippen LogP) is 3.59. The van der Waals surface area contributed by atoms with Gasteiger partial charge in [-0.1, -0.05) is 12.1 Å². The normalized spacial score (nSPS) is 10.2. The van der Waals surface area contributed by atoms with E-state index in [1.165, 1.54) is 0 Å². The van der Waals surface area contributed by atoms with Gasteiger partial charge in [-0.3, -0.25) is 20.4 Å². The van der Waals surface area contributed by atoms with E-state index in [-0.39, 0.29) is 11.8 Å². The first-order chi connectivity index (χ1) is 10.4. The Labute approximate surface area is 156 Å². The smallest absolute Gasteiger partial charge is 0.267 e. The Hall–Kier alpha value is -1.16. The van der Waals surface area contributed by atoms with Gasteiger partial charge in [0.05, 0.1) is 0 Å². The summed E-state index contributed by atoms with van der Waals surface area (Å²) in [5, 5.41) is 0. The predicted molar refractivity (Wildman–Crippen MR) is 103 cm³/mol. The molecule has 2 N–H and O–H groups in total. The van der Waals surface area contributed by atoms with E-state index in [9.17, 15) is 9.59 Å². The van der Waals surface area contributed by atoms with E-state index in [2.05, 4.69) is 56.0 Å². The van der Waals surface area contributed by atoms with Gasteiger partial charge in [0, 0.05) is 18.3 Å².